The molecule has 150 valence electrons. The Balaban J connectivity index is 1.45. The van der Waals surface area contributed by atoms with E-state index in [1.807, 2.05) is 0 Å². The highest BCUT2D eigenvalue weighted by Gasteiger charge is 2.11. The average Bonchev–Trinajstić information content (AvgIpc) is 3.21. The van der Waals surface area contributed by atoms with Gasteiger partial charge in [-0.1, -0.05) is 10.3 Å². The van der Waals surface area contributed by atoms with Crippen LogP contribution in [0, 0.1) is 5.82 Å². The number of aromatic nitrogens is 2. The van der Waals surface area contributed by atoms with E-state index in [9.17, 15) is 9.18 Å². The molecule has 1 aromatic heterocycles. The van der Waals surface area contributed by atoms with Crippen LogP contribution >= 0.6 is 0 Å². The van der Waals surface area contributed by atoms with Crippen LogP contribution in [0.5, 0.6) is 5.75 Å². The van der Waals surface area contributed by atoms with Gasteiger partial charge in [0.15, 0.2) is 5.84 Å². The van der Waals surface area contributed by atoms with Crippen molar-refractivity contribution in [2.24, 2.45) is 10.9 Å². The van der Waals surface area contributed by atoms with Crippen LogP contribution in [0.2, 0.25) is 0 Å². The van der Waals surface area contributed by atoms with Gasteiger partial charge < -0.3 is 19.8 Å². The molecule has 0 amide bonds. The maximum atomic E-state index is 13.0. The summed E-state index contributed by atoms with van der Waals surface area (Å²) in [6.45, 7) is 0. The van der Waals surface area contributed by atoms with Crippen LogP contribution in [0.1, 0.15) is 24.3 Å². The second-order valence-electron chi connectivity index (χ2n) is 6.04. The van der Waals surface area contributed by atoms with Crippen molar-refractivity contribution < 1.29 is 23.3 Å². The number of amidine groups is 1. The number of hydrogen-bond acceptors (Lipinski definition) is 7. The van der Waals surface area contributed by atoms with Gasteiger partial charge in [0.25, 0.3) is 0 Å². The summed E-state index contributed by atoms with van der Waals surface area (Å²) in [5, 5.41) is 7.50. The Morgan fingerprint density at radius 2 is 1.90 bits per heavy atom. The molecular formula is C20H19FN4O4. The molecule has 0 aliphatic carbocycles. The Kier molecular flexibility index (Phi) is 6.51. The third-order valence-corrected chi connectivity index (χ3v) is 3.97. The molecule has 0 fully saturated rings. The Morgan fingerprint density at radius 3 is 2.59 bits per heavy atom. The van der Waals surface area contributed by atoms with Crippen LogP contribution < -0.4 is 10.5 Å². The van der Waals surface area contributed by atoms with Crippen molar-refractivity contribution in [3.05, 3.63) is 65.8 Å². The topological polar surface area (TPSA) is 113 Å². The Labute approximate surface area is 166 Å². The van der Waals surface area contributed by atoms with E-state index < -0.39 is 5.97 Å². The summed E-state index contributed by atoms with van der Waals surface area (Å²) in [5.41, 5.74) is 7.05. The van der Waals surface area contributed by atoms with Crippen LogP contribution in [0.3, 0.4) is 0 Å². The van der Waals surface area contributed by atoms with Crippen molar-refractivity contribution in [3.63, 3.8) is 0 Å². The summed E-state index contributed by atoms with van der Waals surface area (Å²) >= 11 is 0. The Hall–Kier alpha value is -3.75. The molecule has 2 aromatic carbocycles. The van der Waals surface area contributed by atoms with Gasteiger partial charge in [0.2, 0.25) is 11.7 Å². The molecule has 8 nitrogen and oxygen atoms in total. The van der Waals surface area contributed by atoms with E-state index in [4.69, 9.17) is 19.8 Å². The molecule has 0 aliphatic rings. The van der Waals surface area contributed by atoms with Gasteiger partial charge in [-0.2, -0.15) is 4.98 Å². The number of ether oxygens (including phenoxy) is 1. The van der Waals surface area contributed by atoms with Gasteiger partial charge >= 0.3 is 5.97 Å². The van der Waals surface area contributed by atoms with Crippen LogP contribution in [0.4, 0.5) is 4.39 Å². The lowest BCUT2D eigenvalue weighted by Gasteiger charge is -2.03. The molecule has 3 aromatic rings. The van der Waals surface area contributed by atoms with Crippen molar-refractivity contribution >= 4 is 11.8 Å². The summed E-state index contributed by atoms with van der Waals surface area (Å²) < 4.78 is 23.2. The average molecular weight is 398 g/mol. The summed E-state index contributed by atoms with van der Waals surface area (Å²) in [4.78, 5) is 20.9. The lowest BCUT2D eigenvalue weighted by Crippen LogP contribution is -2.15. The molecule has 0 saturated heterocycles. The van der Waals surface area contributed by atoms with E-state index in [1.54, 1.807) is 43.5 Å². The number of hydrogen-bond donors (Lipinski definition) is 1. The quantitative estimate of drug-likeness (QED) is 0.268. The highest BCUT2D eigenvalue weighted by Crippen LogP contribution is 2.17. The molecule has 0 atom stereocenters. The lowest BCUT2D eigenvalue weighted by molar-refractivity contribution is -0.143. The lowest BCUT2D eigenvalue weighted by atomic mass is 10.2. The van der Waals surface area contributed by atoms with Gasteiger partial charge in [-0.05, 0) is 55.0 Å². The fourth-order valence-corrected chi connectivity index (χ4v) is 2.42. The second kappa shape index (κ2) is 9.45. The van der Waals surface area contributed by atoms with Crippen molar-refractivity contribution in [1.29, 1.82) is 0 Å². The number of nitrogens with zero attached hydrogens (tertiary/aromatic N) is 3. The maximum absolute atomic E-state index is 13.0. The first-order valence-corrected chi connectivity index (χ1v) is 8.81. The van der Waals surface area contributed by atoms with Gasteiger partial charge in [-0.25, -0.2) is 9.18 Å². The predicted octanol–water partition coefficient (Wildman–Crippen LogP) is 3.07. The van der Waals surface area contributed by atoms with Gasteiger partial charge in [0.1, 0.15) is 11.6 Å². The van der Waals surface area contributed by atoms with Crippen molar-refractivity contribution in [3.8, 4) is 17.1 Å². The zero-order valence-corrected chi connectivity index (χ0v) is 15.7. The number of benzene rings is 2. The molecule has 0 radical (unpaired) electrons. The summed E-state index contributed by atoms with van der Waals surface area (Å²) in [6, 6.07) is 12.6. The molecule has 2 N–H and O–H groups in total. The molecule has 0 aliphatic heterocycles. The number of rotatable bonds is 8. The number of carbonyl (C=O) groups excluding carboxylic acids is 1. The second-order valence-corrected chi connectivity index (χ2v) is 6.04. The highest BCUT2D eigenvalue weighted by atomic mass is 19.1. The molecule has 0 bridgehead atoms. The van der Waals surface area contributed by atoms with E-state index in [1.165, 1.54) is 12.1 Å². The van der Waals surface area contributed by atoms with E-state index in [0.29, 0.717) is 41.4 Å². The van der Waals surface area contributed by atoms with Crippen LogP contribution in [-0.4, -0.2) is 29.1 Å². The normalized spacial score (nSPS) is 11.3. The minimum absolute atomic E-state index is 0.0850. The van der Waals surface area contributed by atoms with Crippen LogP contribution in [0.15, 0.2) is 58.2 Å². The first kappa shape index (κ1) is 20.0. The zero-order valence-electron chi connectivity index (χ0n) is 15.7. The first-order valence-electron chi connectivity index (χ1n) is 8.81. The summed E-state index contributed by atoms with van der Waals surface area (Å²) in [7, 11) is 1.56. The maximum Gasteiger partial charge on any atom is 0.335 e. The number of methoxy groups -OCH3 is 1. The van der Waals surface area contributed by atoms with E-state index in [2.05, 4.69) is 15.3 Å². The molecule has 1 heterocycles. The van der Waals surface area contributed by atoms with E-state index in [-0.39, 0.29) is 18.1 Å². The van der Waals surface area contributed by atoms with Gasteiger partial charge in [-0.3, -0.25) is 0 Å². The number of aryl methyl sites for hydroxylation is 1. The summed E-state index contributed by atoms with van der Waals surface area (Å²) in [6.07, 6.45) is 0.927. The Bertz CT molecular complexity index is 984. The minimum Gasteiger partial charge on any atom is -0.497 e. The molecule has 0 unspecified atom stereocenters. The van der Waals surface area contributed by atoms with Gasteiger partial charge in [0, 0.05) is 24.0 Å². The highest BCUT2D eigenvalue weighted by molar-refractivity contribution is 5.97. The van der Waals surface area contributed by atoms with E-state index >= 15 is 0 Å². The molecule has 3 rings (SSSR count). The van der Waals surface area contributed by atoms with Gasteiger partial charge in [-0.15, -0.1) is 0 Å². The molecule has 9 heteroatoms. The number of halogens is 1. The van der Waals surface area contributed by atoms with Crippen molar-refractivity contribution in [2.75, 3.05) is 7.11 Å². The summed E-state index contributed by atoms with van der Waals surface area (Å²) in [5.74, 6) is 0.632. The number of oxime groups is 1. The number of carbonyl (C=O) groups is 1. The van der Waals surface area contributed by atoms with E-state index in [0.717, 1.165) is 0 Å². The zero-order chi connectivity index (χ0) is 20.6. The number of nitrogens with two attached hydrogens (primary N) is 1. The van der Waals surface area contributed by atoms with Crippen LogP contribution in [-0.2, 0) is 16.1 Å². The largest absolute Gasteiger partial charge is 0.497 e. The Morgan fingerprint density at radius 1 is 1.17 bits per heavy atom. The molecule has 29 heavy (non-hydrogen) atoms. The van der Waals surface area contributed by atoms with Crippen LogP contribution in [0.25, 0.3) is 11.4 Å². The third-order valence-electron chi connectivity index (χ3n) is 3.97. The standard InChI is InChI=1S/C20H19FN4O4/c1-27-16-11-7-13(8-12-16)19(22)24-29-18(26)4-2-3-17-23-20(25-28-17)14-5-9-15(21)10-6-14/h5-12H,2-4H2,1H3,(H2,22,24). The predicted molar refractivity (Wildman–Crippen MR) is 102 cm³/mol. The SMILES string of the molecule is COc1ccc(/C(N)=N\OC(=O)CCCc2nc(-c3ccc(F)cc3)no2)cc1. The molecule has 0 spiro atoms. The molecular weight excluding hydrogens is 379 g/mol. The van der Waals surface area contributed by atoms with Gasteiger partial charge in [0.05, 0.1) is 7.11 Å². The monoisotopic (exact) mass is 398 g/mol. The third kappa shape index (κ3) is 5.61. The van der Waals surface area contributed by atoms with Crippen molar-refractivity contribution in [1.82, 2.24) is 10.1 Å². The first-order chi connectivity index (χ1) is 14.0. The smallest absolute Gasteiger partial charge is 0.335 e. The fourth-order valence-electron chi connectivity index (χ4n) is 2.42. The fraction of sp³-hybridized carbons (Fsp3) is 0.200. The molecule has 0 saturated carbocycles. The van der Waals surface area contributed by atoms with Crippen molar-refractivity contribution in [2.45, 2.75) is 19.3 Å². The minimum atomic E-state index is -0.528.